The highest BCUT2D eigenvalue weighted by molar-refractivity contribution is 6.18. The first kappa shape index (κ1) is 11.8. The molecule has 2 atom stereocenters. The van der Waals surface area contributed by atoms with Crippen LogP contribution in [0.25, 0.3) is 0 Å². The molecule has 3 nitrogen and oxygen atoms in total. The normalized spacial score (nSPS) is 26.4. The van der Waals surface area contributed by atoms with Crippen molar-refractivity contribution in [3.8, 4) is 0 Å². The van der Waals surface area contributed by atoms with Gasteiger partial charge in [0.2, 0.25) is 5.91 Å². The Labute approximate surface area is 90.1 Å². The molecule has 0 aromatic rings. The average molecular weight is 220 g/mol. The summed E-state index contributed by atoms with van der Waals surface area (Å²) in [7, 11) is 0. The molecule has 0 saturated heterocycles. The molecular weight excluding hydrogens is 202 g/mol. The third-order valence-electron chi connectivity index (χ3n) is 2.64. The average Bonchev–Trinajstić information content (AvgIpc) is 2.62. The first-order valence-corrected chi connectivity index (χ1v) is 5.74. The molecule has 1 rings (SSSR count). The van der Waals surface area contributed by atoms with Gasteiger partial charge in [-0.1, -0.05) is 6.42 Å². The number of hydrogen-bond donors (Lipinski definition) is 1. The monoisotopic (exact) mass is 219 g/mol. The predicted octanol–water partition coefficient (Wildman–Crippen LogP) is 1.55. The summed E-state index contributed by atoms with van der Waals surface area (Å²) < 4.78 is 5.03. The minimum atomic E-state index is -0.0196. The molecule has 0 aliphatic heterocycles. The Kier molecular flexibility index (Phi) is 5.26. The lowest BCUT2D eigenvalue weighted by Crippen LogP contribution is -2.39. The Morgan fingerprint density at radius 3 is 3.00 bits per heavy atom. The Morgan fingerprint density at radius 2 is 2.36 bits per heavy atom. The maximum absolute atomic E-state index is 11.3. The van der Waals surface area contributed by atoms with E-state index in [1.165, 1.54) is 0 Å². The Hall–Kier alpha value is -0.280. The summed E-state index contributed by atoms with van der Waals surface area (Å²) in [5.41, 5.74) is 0. The SMILES string of the molecule is CCOCC(=O)NC1CCCC1CCl. The number of hydrogen-bond acceptors (Lipinski definition) is 2. The molecule has 1 N–H and O–H groups in total. The van der Waals surface area contributed by atoms with E-state index in [-0.39, 0.29) is 18.6 Å². The van der Waals surface area contributed by atoms with Gasteiger partial charge in [-0.25, -0.2) is 0 Å². The van der Waals surface area contributed by atoms with Gasteiger partial charge in [-0.2, -0.15) is 0 Å². The lowest BCUT2D eigenvalue weighted by molar-refractivity contribution is -0.126. The van der Waals surface area contributed by atoms with Crippen LogP contribution in [-0.4, -0.2) is 31.0 Å². The van der Waals surface area contributed by atoms with E-state index in [0.29, 0.717) is 18.4 Å². The zero-order chi connectivity index (χ0) is 10.4. The maximum Gasteiger partial charge on any atom is 0.246 e. The molecule has 0 spiro atoms. The Balaban J connectivity index is 2.25. The number of halogens is 1. The molecule has 1 aliphatic carbocycles. The van der Waals surface area contributed by atoms with Crippen LogP contribution in [0.15, 0.2) is 0 Å². The highest BCUT2D eigenvalue weighted by atomic mass is 35.5. The summed E-state index contributed by atoms with van der Waals surface area (Å²) in [5, 5.41) is 2.97. The van der Waals surface area contributed by atoms with E-state index in [2.05, 4.69) is 5.32 Å². The molecule has 82 valence electrons. The van der Waals surface area contributed by atoms with Crippen molar-refractivity contribution >= 4 is 17.5 Å². The lowest BCUT2D eigenvalue weighted by atomic mass is 10.1. The summed E-state index contributed by atoms with van der Waals surface area (Å²) >= 11 is 5.81. The highest BCUT2D eigenvalue weighted by Gasteiger charge is 2.27. The number of nitrogens with one attached hydrogen (secondary N) is 1. The Morgan fingerprint density at radius 1 is 1.57 bits per heavy atom. The number of alkyl halides is 1. The Bertz CT molecular complexity index is 187. The van der Waals surface area contributed by atoms with Crippen LogP contribution < -0.4 is 5.32 Å². The van der Waals surface area contributed by atoms with Gasteiger partial charge in [0.25, 0.3) is 0 Å². The molecule has 0 bridgehead atoms. The summed E-state index contributed by atoms with van der Waals surface area (Å²) in [6, 6.07) is 0.264. The van der Waals surface area contributed by atoms with E-state index < -0.39 is 0 Å². The maximum atomic E-state index is 11.3. The van der Waals surface area contributed by atoms with Gasteiger partial charge < -0.3 is 10.1 Å². The van der Waals surface area contributed by atoms with Crippen molar-refractivity contribution in [2.45, 2.75) is 32.2 Å². The van der Waals surface area contributed by atoms with Crippen molar-refractivity contribution in [3.63, 3.8) is 0 Å². The first-order chi connectivity index (χ1) is 6.77. The fourth-order valence-corrected chi connectivity index (χ4v) is 2.22. The molecular formula is C10H18ClNO2. The van der Waals surface area contributed by atoms with Crippen LogP contribution in [0.2, 0.25) is 0 Å². The number of rotatable bonds is 5. The van der Waals surface area contributed by atoms with E-state index in [4.69, 9.17) is 16.3 Å². The second-order valence-corrected chi connectivity index (χ2v) is 3.97. The summed E-state index contributed by atoms with van der Waals surface area (Å²) in [6.07, 6.45) is 3.34. The molecule has 1 aliphatic rings. The second kappa shape index (κ2) is 6.25. The quantitative estimate of drug-likeness (QED) is 0.713. The van der Waals surface area contributed by atoms with Gasteiger partial charge in [-0.05, 0) is 25.7 Å². The van der Waals surface area contributed by atoms with Gasteiger partial charge in [0.15, 0.2) is 0 Å². The van der Waals surface area contributed by atoms with Crippen molar-refractivity contribution in [1.29, 1.82) is 0 Å². The molecule has 0 radical (unpaired) electrons. The van der Waals surface area contributed by atoms with Crippen LogP contribution in [0.1, 0.15) is 26.2 Å². The van der Waals surface area contributed by atoms with E-state index in [0.717, 1.165) is 19.3 Å². The highest BCUT2D eigenvalue weighted by Crippen LogP contribution is 2.26. The van der Waals surface area contributed by atoms with Crippen molar-refractivity contribution in [2.75, 3.05) is 19.1 Å². The minimum Gasteiger partial charge on any atom is -0.372 e. The second-order valence-electron chi connectivity index (χ2n) is 3.66. The van der Waals surface area contributed by atoms with Gasteiger partial charge >= 0.3 is 0 Å². The predicted molar refractivity (Wildman–Crippen MR) is 56.5 cm³/mol. The van der Waals surface area contributed by atoms with E-state index in [9.17, 15) is 4.79 Å². The number of ether oxygens (including phenoxy) is 1. The summed E-state index contributed by atoms with van der Waals surface area (Å²) in [5.74, 6) is 1.07. The molecule has 0 aromatic heterocycles. The van der Waals surface area contributed by atoms with E-state index in [1.807, 2.05) is 6.92 Å². The molecule has 0 aromatic carbocycles. The van der Waals surface area contributed by atoms with Crippen molar-refractivity contribution in [3.05, 3.63) is 0 Å². The largest absolute Gasteiger partial charge is 0.372 e. The van der Waals surface area contributed by atoms with E-state index in [1.54, 1.807) is 0 Å². The zero-order valence-electron chi connectivity index (χ0n) is 8.59. The summed E-state index contributed by atoms with van der Waals surface area (Å²) in [6.45, 7) is 2.63. The lowest BCUT2D eigenvalue weighted by Gasteiger charge is -2.18. The number of amides is 1. The molecule has 0 heterocycles. The van der Waals surface area contributed by atoms with Crippen LogP contribution in [0.4, 0.5) is 0 Å². The third kappa shape index (κ3) is 3.46. The topological polar surface area (TPSA) is 38.3 Å². The molecule has 2 unspecified atom stereocenters. The standard InChI is InChI=1S/C10H18ClNO2/c1-2-14-7-10(13)12-9-5-3-4-8(9)6-11/h8-9H,2-7H2,1H3,(H,12,13). The van der Waals surface area contributed by atoms with Crippen LogP contribution in [0.5, 0.6) is 0 Å². The van der Waals surface area contributed by atoms with E-state index >= 15 is 0 Å². The third-order valence-corrected chi connectivity index (χ3v) is 3.04. The fraction of sp³-hybridized carbons (Fsp3) is 0.900. The molecule has 1 saturated carbocycles. The van der Waals surface area contributed by atoms with Crippen molar-refractivity contribution in [1.82, 2.24) is 5.32 Å². The number of carbonyl (C=O) groups excluding carboxylic acids is 1. The van der Waals surface area contributed by atoms with Gasteiger partial charge in [-0.3, -0.25) is 4.79 Å². The molecule has 4 heteroatoms. The van der Waals surface area contributed by atoms with Gasteiger partial charge in [0, 0.05) is 18.5 Å². The first-order valence-electron chi connectivity index (χ1n) is 5.21. The zero-order valence-corrected chi connectivity index (χ0v) is 9.35. The summed E-state index contributed by atoms with van der Waals surface area (Å²) in [4.78, 5) is 11.3. The van der Waals surface area contributed by atoms with Gasteiger partial charge in [0.05, 0.1) is 0 Å². The van der Waals surface area contributed by atoms with Gasteiger partial charge in [-0.15, -0.1) is 11.6 Å². The fourth-order valence-electron chi connectivity index (χ4n) is 1.85. The van der Waals surface area contributed by atoms with Crippen molar-refractivity contribution < 1.29 is 9.53 Å². The molecule has 14 heavy (non-hydrogen) atoms. The van der Waals surface area contributed by atoms with Crippen LogP contribution in [0, 0.1) is 5.92 Å². The van der Waals surface area contributed by atoms with Crippen molar-refractivity contribution in [2.24, 2.45) is 5.92 Å². The molecule has 1 fully saturated rings. The minimum absolute atomic E-state index is 0.0196. The van der Waals surface area contributed by atoms with Crippen LogP contribution in [0.3, 0.4) is 0 Å². The molecule has 1 amide bonds. The van der Waals surface area contributed by atoms with Crippen LogP contribution >= 0.6 is 11.6 Å². The van der Waals surface area contributed by atoms with Gasteiger partial charge in [0.1, 0.15) is 6.61 Å². The number of carbonyl (C=O) groups is 1. The smallest absolute Gasteiger partial charge is 0.246 e. The van der Waals surface area contributed by atoms with Crippen LogP contribution in [-0.2, 0) is 9.53 Å².